The molecule has 0 aliphatic rings. The topological polar surface area (TPSA) is 43.1 Å². The minimum absolute atomic E-state index is 0. The van der Waals surface area contributed by atoms with Gasteiger partial charge in [0, 0.05) is 5.56 Å². The third-order valence-corrected chi connectivity index (χ3v) is 2.72. The van der Waals surface area contributed by atoms with Crippen molar-refractivity contribution in [2.45, 2.75) is 0 Å². The normalized spacial score (nSPS) is 9.00. The Morgan fingerprint density at radius 3 is 1.90 bits per heavy atom. The molecule has 0 unspecified atom stereocenters. The van der Waals surface area contributed by atoms with Gasteiger partial charge in [-0.25, -0.2) is 12.1 Å². The number of carbonyl (C=O) groups is 1. The van der Waals surface area contributed by atoms with E-state index >= 15 is 0 Å². The zero-order valence-electron chi connectivity index (χ0n) is 10.8. The number of hydrogen-bond acceptors (Lipinski definition) is 1. The Labute approximate surface area is 129 Å². The van der Waals surface area contributed by atoms with Crippen molar-refractivity contribution >= 4 is 5.91 Å². The summed E-state index contributed by atoms with van der Waals surface area (Å²) in [4.78, 5) is 10.8. The summed E-state index contributed by atoms with van der Waals surface area (Å²) in [7, 11) is 0. The van der Waals surface area contributed by atoms with Gasteiger partial charge < -0.3 is 5.73 Å². The van der Waals surface area contributed by atoms with Crippen molar-refractivity contribution in [1.82, 2.24) is 0 Å². The predicted octanol–water partition coefficient (Wildman–Crippen LogP) is 3.57. The Morgan fingerprint density at radius 2 is 1.50 bits per heavy atom. The summed E-state index contributed by atoms with van der Waals surface area (Å²) < 4.78 is 0. The largest absolute Gasteiger partial charge is 2.00 e. The van der Waals surface area contributed by atoms with Crippen molar-refractivity contribution in [1.29, 1.82) is 0 Å². The molecular formula is C17H15FeNO. The fraction of sp³-hybridized carbons (Fsp3) is 0. The van der Waals surface area contributed by atoms with Gasteiger partial charge in [0.1, 0.15) is 0 Å². The molecule has 3 rings (SSSR count). The standard InChI is InChI=1S/C12H10NO.C5H5.Fe/c13-12(14)11-7-5-10(6-8-11)9-3-1-2-4-9;1-2-4-5-3-1;/h1-8H,(H2,13,14);1-5H;/q2*-1;+2. The van der Waals surface area contributed by atoms with Crippen LogP contribution in [0.1, 0.15) is 10.4 Å². The van der Waals surface area contributed by atoms with Crippen LogP contribution in [0.5, 0.6) is 0 Å². The van der Waals surface area contributed by atoms with Crippen molar-refractivity contribution in [2.75, 3.05) is 0 Å². The molecule has 0 spiro atoms. The van der Waals surface area contributed by atoms with E-state index in [-0.39, 0.29) is 23.0 Å². The van der Waals surface area contributed by atoms with E-state index in [2.05, 4.69) is 0 Å². The Morgan fingerprint density at radius 1 is 0.950 bits per heavy atom. The van der Waals surface area contributed by atoms with Crippen molar-refractivity contribution in [3.05, 3.63) is 84.4 Å². The van der Waals surface area contributed by atoms with E-state index in [0.29, 0.717) is 5.56 Å². The first-order valence-electron chi connectivity index (χ1n) is 6.06. The van der Waals surface area contributed by atoms with E-state index in [1.165, 1.54) is 0 Å². The summed E-state index contributed by atoms with van der Waals surface area (Å²) in [5.41, 5.74) is 7.94. The molecule has 0 saturated heterocycles. The molecule has 20 heavy (non-hydrogen) atoms. The maximum atomic E-state index is 10.8. The summed E-state index contributed by atoms with van der Waals surface area (Å²) in [5.74, 6) is -0.390. The molecule has 2 nitrogen and oxygen atoms in total. The monoisotopic (exact) mass is 305 g/mol. The number of carbonyl (C=O) groups excluding carboxylic acids is 1. The van der Waals surface area contributed by atoms with E-state index < -0.39 is 0 Å². The van der Waals surface area contributed by atoms with Gasteiger partial charge in [0.25, 0.3) is 0 Å². The molecule has 0 radical (unpaired) electrons. The molecule has 2 N–H and O–H groups in total. The van der Waals surface area contributed by atoms with Crippen LogP contribution in [0, 0.1) is 0 Å². The van der Waals surface area contributed by atoms with E-state index in [0.717, 1.165) is 11.1 Å². The quantitative estimate of drug-likeness (QED) is 0.571. The SMILES string of the molecule is NC(=O)c1ccc(-[c-]2cccc2)cc1.[Fe+2].c1cc[cH-]c1. The molecule has 102 valence electrons. The van der Waals surface area contributed by atoms with Crippen LogP contribution in [-0.2, 0) is 17.1 Å². The van der Waals surface area contributed by atoms with Crippen molar-refractivity contribution < 1.29 is 21.9 Å². The Kier molecular flexibility index (Phi) is 6.51. The van der Waals surface area contributed by atoms with E-state index in [1.807, 2.05) is 66.7 Å². The fourth-order valence-electron chi connectivity index (χ4n) is 1.71. The van der Waals surface area contributed by atoms with Gasteiger partial charge in [-0.1, -0.05) is 17.7 Å². The summed E-state index contributed by atoms with van der Waals surface area (Å²) >= 11 is 0. The number of amides is 1. The van der Waals surface area contributed by atoms with Crippen molar-refractivity contribution in [2.24, 2.45) is 5.73 Å². The molecule has 0 bridgehead atoms. The fourth-order valence-corrected chi connectivity index (χ4v) is 1.71. The Balaban J connectivity index is 0.000000283. The number of rotatable bonds is 2. The molecule has 0 aliphatic carbocycles. The first-order valence-corrected chi connectivity index (χ1v) is 6.06. The molecule has 0 heterocycles. The first kappa shape index (κ1) is 16.0. The number of nitrogens with two attached hydrogens (primary N) is 1. The van der Waals surface area contributed by atoms with Crippen LogP contribution in [0.15, 0.2) is 78.9 Å². The number of primary amides is 1. The average molecular weight is 305 g/mol. The molecule has 3 heteroatoms. The molecule has 1 amide bonds. The van der Waals surface area contributed by atoms with Crippen LogP contribution in [0.2, 0.25) is 0 Å². The summed E-state index contributed by atoms with van der Waals surface area (Å²) in [5, 5.41) is 0. The molecule has 0 fully saturated rings. The summed E-state index contributed by atoms with van der Waals surface area (Å²) in [6.07, 6.45) is 0. The smallest absolute Gasteiger partial charge is 0.366 e. The zero-order chi connectivity index (χ0) is 13.5. The van der Waals surface area contributed by atoms with Gasteiger partial charge in [-0.3, -0.25) is 4.79 Å². The van der Waals surface area contributed by atoms with Gasteiger partial charge in [0.05, 0.1) is 0 Å². The van der Waals surface area contributed by atoms with Crippen LogP contribution in [-0.4, -0.2) is 5.91 Å². The van der Waals surface area contributed by atoms with Gasteiger partial charge in [-0.15, -0.1) is 29.8 Å². The number of hydrogen-bond donors (Lipinski definition) is 1. The van der Waals surface area contributed by atoms with Crippen LogP contribution in [0.25, 0.3) is 11.1 Å². The van der Waals surface area contributed by atoms with Crippen LogP contribution in [0.3, 0.4) is 0 Å². The minimum Gasteiger partial charge on any atom is -0.366 e. The van der Waals surface area contributed by atoms with Crippen LogP contribution >= 0.6 is 0 Å². The van der Waals surface area contributed by atoms with Gasteiger partial charge >= 0.3 is 17.1 Å². The van der Waals surface area contributed by atoms with Gasteiger partial charge in [0.2, 0.25) is 5.91 Å². The van der Waals surface area contributed by atoms with Crippen molar-refractivity contribution in [3.63, 3.8) is 0 Å². The number of benzene rings is 1. The first-order chi connectivity index (χ1) is 9.27. The van der Waals surface area contributed by atoms with Gasteiger partial charge in [-0.2, -0.15) is 30.3 Å². The van der Waals surface area contributed by atoms with E-state index in [1.54, 1.807) is 12.1 Å². The van der Waals surface area contributed by atoms with Gasteiger partial charge in [0.15, 0.2) is 0 Å². The van der Waals surface area contributed by atoms with Crippen molar-refractivity contribution in [3.8, 4) is 11.1 Å². The summed E-state index contributed by atoms with van der Waals surface area (Å²) in [6.45, 7) is 0. The van der Waals surface area contributed by atoms with Gasteiger partial charge in [-0.05, 0) is 0 Å². The molecule has 3 aromatic rings. The molecule has 0 aromatic heterocycles. The maximum Gasteiger partial charge on any atom is 2.00 e. The second kappa shape index (κ2) is 8.15. The molecule has 0 aliphatic heterocycles. The van der Waals surface area contributed by atoms with E-state index in [9.17, 15) is 4.79 Å². The third-order valence-electron chi connectivity index (χ3n) is 2.72. The molecule has 0 atom stereocenters. The Hall–Kier alpha value is -2.09. The second-order valence-corrected chi connectivity index (χ2v) is 4.08. The summed E-state index contributed by atoms with van der Waals surface area (Å²) in [6, 6.07) is 25.3. The molecule has 0 saturated carbocycles. The molecule has 3 aromatic carbocycles. The van der Waals surface area contributed by atoms with E-state index in [4.69, 9.17) is 5.73 Å². The third kappa shape index (κ3) is 4.54. The minimum atomic E-state index is -0.390. The molecular weight excluding hydrogens is 290 g/mol. The zero-order valence-corrected chi connectivity index (χ0v) is 11.9. The predicted molar refractivity (Wildman–Crippen MR) is 78.0 cm³/mol. The maximum absolute atomic E-state index is 10.8. The van der Waals surface area contributed by atoms with Crippen LogP contribution < -0.4 is 5.73 Å². The second-order valence-electron chi connectivity index (χ2n) is 4.08. The Bertz CT molecular complexity index is 578. The average Bonchev–Trinajstić information content (AvgIpc) is 3.15. The van der Waals surface area contributed by atoms with Crippen LogP contribution in [0.4, 0.5) is 0 Å².